The van der Waals surface area contributed by atoms with Crippen LogP contribution in [0.25, 0.3) is 0 Å². The Morgan fingerprint density at radius 1 is 1.11 bits per heavy atom. The van der Waals surface area contributed by atoms with Gasteiger partial charge in [-0.2, -0.15) is 0 Å². The van der Waals surface area contributed by atoms with Gasteiger partial charge in [-0.1, -0.05) is 60.6 Å². The van der Waals surface area contributed by atoms with Crippen LogP contribution in [0.1, 0.15) is 61.3 Å². The summed E-state index contributed by atoms with van der Waals surface area (Å²) in [6.07, 6.45) is 6.19. The van der Waals surface area contributed by atoms with Crippen molar-refractivity contribution >= 4 is 5.97 Å². The van der Waals surface area contributed by atoms with Crippen LogP contribution in [0.4, 0.5) is 0 Å². The van der Waals surface area contributed by atoms with Crippen molar-refractivity contribution in [3.63, 3.8) is 0 Å². The fourth-order valence-electron chi connectivity index (χ4n) is 2.35. The van der Waals surface area contributed by atoms with E-state index in [1.165, 1.54) is 0 Å². The van der Waals surface area contributed by atoms with E-state index in [0.717, 1.165) is 12.8 Å². The van der Waals surface area contributed by atoms with E-state index in [9.17, 15) is 9.90 Å². The van der Waals surface area contributed by atoms with Crippen molar-refractivity contribution in [3.05, 3.63) is 12.2 Å². The van der Waals surface area contributed by atoms with Crippen LogP contribution in [0, 0.1) is 22.7 Å². The van der Waals surface area contributed by atoms with Crippen molar-refractivity contribution in [3.8, 4) is 0 Å². The third kappa shape index (κ3) is 6.83. The van der Waals surface area contributed by atoms with Crippen molar-refractivity contribution in [2.45, 2.75) is 61.3 Å². The van der Waals surface area contributed by atoms with E-state index >= 15 is 0 Å². The first kappa shape index (κ1) is 17.2. The minimum absolute atomic E-state index is 0.165. The highest BCUT2D eigenvalue weighted by Gasteiger charge is 2.35. The van der Waals surface area contributed by atoms with Gasteiger partial charge in [0.2, 0.25) is 0 Å². The smallest absolute Gasteiger partial charge is 0.307 e. The minimum Gasteiger partial charge on any atom is -0.481 e. The summed E-state index contributed by atoms with van der Waals surface area (Å²) in [5, 5.41) is 9.34. The van der Waals surface area contributed by atoms with E-state index in [2.05, 4.69) is 32.9 Å². The van der Waals surface area contributed by atoms with Gasteiger partial charge < -0.3 is 5.11 Å². The average Bonchev–Trinajstić information content (AvgIpc) is 2.07. The highest BCUT2D eigenvalue weighted by atomic mass is 16.4. The molecule has 0 spiro atoms. The molecule has 0 aromatic carbocycles. The maximum atomic E-state index is 11.4. The number of carboxylic acids is 1. The van der Waals surface area contributed by atoms with Gasteiger partial charge in [0.15, 0.2) is 0 Å². The van der Waals surface area contributed by atoms with Crippen LogP contribution in [0.15, 0.2) is 12.2 Å². The molecule has 2 nitrogen and oxygen atoms in total. The fraction of sp³-hybridized carbons (Fsp3) is 0.812. The molecule has 0 radical (unpaired) electrons. The van der Waals surface area contributed by atoms with E-state index in [0.29, 0.717) is 5.41 Å². The Hall–Kier alpha value is -0.790. The zero-order chi connectivity index (χ0) is 14.6. The molecule has 0 heterocycles. The summed E-state index contributed by atoms with van der Waals surface area (Å²) >= 11 is 0. The molecule has 0 aliphatic heterocycles. The highest BCUT2D eigenvalue weighted by molar-refractivity contribution is 5.71. The third-order valence-electron chi connectivity index (χ3n) is 3.17. The minimum atomic E-state index is -0.681. The molecule has 106 valence electrons. The summed E-state index contributed by atoms with van der Waals surface area (Å²) in [5.74, 6) is -0.810. The largest absolute Gasteiger partial charge is 0.481 e. The Morgan fingerprint density at radius 3 is 1.94 bits per heavy atom. The van der Waals surface area contributed by atoms with Gasteiger partial charge in [0.05, 0.1) is 5.92 Å². The lowest BCUT2D eigenvalue weighted by Gasteiger charge is -2.31. The number of rotatable bonds is 5. The number of hydrogen-bond acceptors (Lipinski definition) is 1. The van der Waals surface area contributed by atoms with Crippen LogP contribution in [-0.2, 0) is 4.79 Å². The van der Waals surface area contributed by atoms with Crippen molar-refractivity contribution in [2.75, 3.05) is 0 Å². The Morgan fingerprint density at radius 2 is 1.61 bits per heavy atom. The Balaban J connectivity index is 4.46. The molecule has 2 unspecified atom stereocenters. The maximum Gasteiger partial charge on any atom is 0.307 e. The third-order valence-corrected chi connectivity index (χ3v) is 3.17. The predicted octanol–water partition coefficient (Wildman–Crippen LogP) is 4.75. The predicted molar refractivity (Wildman–Crippen MR) is 77.6 cm³/mol. The van der Waals surface area contributed by atoms with Crippen LogP contribution >= 0.6 is 0 Å². The molecule has 1 N–H and O–H groups in total. The van der Waals surface area contributed by atoms with Gasteiger partial charge in [-0.3, -0.25) is 4.79 Å². The lowest BCUT2D eigenvalue weighted by atomic mass is 9.72. The van der Waals surface area contributed by atoms with Crippen LogP contribution in [-0.4, -0.2) is 11.1 Å². The van der Waals surface area contributed by atoms with Gasteiger partial charge >= 0.3 is 5.97 Å². The van der Waals surface area contributed by atoms with Gasteiger partial charge in [-0.05, 0) is 29.6 Å². The molecule has 2 heteroatoms. The average molecular weight is 254 g/mol. The molecule has 0 bridgehead atoms. The first-order chi connectivity index (χ1) is 7.95. The highest BCUT2D eigenvalue weighted by Crippen LogP contribution is 2.34. The second-order valence-electron chi connectivity index (χ2n) is 7.63. The standard InChI is InChI=1S/C16H30O2/c1-12(10-8-9-11-15(2,3)4)13(14(17)18)16(5,6)7/h8-9,12-13H,10-11H2,1-7H3,(H,17,18)/b9-8+. The van der Waals surface area contributed by atoms with Crippen molar-refractivity contribution in [2.24, 2.45) is 22.7 Å². The summed E-state index contributed by atoms with van der Waals surface area (Å²) in [5.41, 5.74) is 0.110. The molecule has 2 atom stereocenters. The molecule has 0 aliphatic carbocycles. The Labute approximate surface area is 112 Å². The van der Waals surface area contributed by atoms with Gasteiger partial charge in [0.25, 0.3) is 0 Å². The normalized spacial score (nSPS) is 16.8. The fourth-order valence-corrected chi connectivity index (χ4v) is 2.35. The van der Waals surface area contributed by atoms with E-state index in [1.54, 1.807) is 0 Å². The molecule has 18 heavy (non-hydrogen) atoms. The van der Waals surface area contributed by atoms with Crippen molar-refractivity contribution in [1.82, 2.24) is 0 Å². The SMILES string of the molecule is CC(C/C=C/CC(C)(C)C)C(C(=O)O)C(C)(C)C. The molecule has 0 saturated heterocycles. The molecule has 0 rings (SSSR count). The monoisotopic (exact) mass is 254 g/mol. The second-order valence-corrected chi connectivity index (χ2v) is 7.63. The van der Waals surface area contributed by atoms with Gasteiger partial charge in [0, 0.05) is 0 Å². The number of hydrogen-bond donors (Lipinski definition) is 1. The Kier molecular flexibility index (Phi) is 6.12. The maximum absolute atomic E-state index is 11.4. The number of carbonyl (C=O) groups is 1. The second kappa shape index (κ2) is 6.40. The molecular formula is C16H30O2. The topological polar surface area (TPSA) is 37.3 Å². The number of carboxylic acid groups (broad SMARTS) is 1. The molecule has 0 aliphatic rings. The lowest BCUT2D eigenvalue weighted by molar-refractivity contribution is -0.147. The van der Waals surface area contributed by atoms with Crippen LogP contribution < -0.4 is 0 Å². The summed E-state index contributed by atoms with van der Waals surface area (Å²) in [4.78, 5) is 11.4. The van der Waals surface area contributed by atoms with Crippen LogP contribution in [0.2, 0.25) is 0 Å². The summed E-state index contributed by atoms with van der Waals surface area (Å²) in [6, 6.07) is 0. The van der Waals surface area contributed by atoms with Gasteiger partial charge in [-0.25, -0.2) is 0 Å². The number of aliphatic carboxylic acids is 1. The van der Waals surface area contributed by atoms with Crippen LogP contribution in [0.5, 0.6) is 0 Å². The van der Waals surface area contributed by atoms with Crippen molar-refractivity contribution in [1.29, 1.82) is 0 Å². The molecule has 0 fully saturated rings. The van der Waals surface area contributed by atoms with E-state index in [-0.39, 0.29) is 17.3 Å². The Bertz CT molecular complexity index is 289. The van der Waals surface area contributed by atoms with E-state index in [4.69, 9.17) is 0 Å². The molecule has 0 aromatic heterocycles. The summed E-state index contributed by atoms with van der Waals surface area (Å²) < 4.78 is 0. The van der Waals surface area contributed by atoms with E-state index in [1.807, 2.05) is 27.7 Å². The zero-order valence-electron chi connectivity index (χ0n) is 13.1. The molecule has 0 amide bonds. The summed E-state index contributed by atoms with van der Waals surface area (Å²) in [7, 11) is 0. The first-order valence-electron chi connectivity index (χ1n) is 6.83. The first-order valence-corrected chi connectivity index (χ1v) is 6.83. The lowest BCUT2D eigenvalue weighted by Crippen LogP contribution is -2.33. The van der Waals surface area contributed by atoms with Crippen LogP contribution in [0.3, 0.4) is 0 Å². The molecular weight excluding hydrogens is 224 g/mol. The van der Waals surface area contributed by atoms with E-state index < -0.39 is 5.97 Å². The van der Waals surface area contributed by atoms with Gasteiger partial charge in [0.1, 0.15) is 0 Å². The number of allylic oxidation sites excluding steroid dienone is 2. The van der Waals surface area contributed by atoms with Gasteiger partial charge in [-0.15, -0.1) is 0 Å². The summed E-state index contributed by atoms with van der Waals surface area (Å²) in [6.45, 7) is 14.6. The zero-order valence-corrected chi connectivity index (χ0v) is 13.1. The molecule has 0 aromatic rings. The van der Waals surface area contributed by atoms with Crippen molar-refractivity contribution < 1.29 is 9.90 Å². The molecule has 0 saturated carbocycles. The quantitative estimate of drug-likeness (QED) is 0.719.